The third-order valence-corrected chi connectivity index (χ3v) is 3.28. The maximum Gasteiger partial charge on any atom is 0.255 e. The number of benzene rings is 1. The second-order valence-electron chi connectivity index (χ2n) is 4.59. The molecule has 7 heteroatoms. The van der Waals surface area contributed by atoms with Crippen molar-refractivity contribution in [2.75, 3.05) is 5.32 Å². The molecule has 0 fully saturated rings. The number of carbonyl (C=O) groups is 1. The van der Waals surface area contributed by atoms with Crippen molar-refractivity contribution in [2.24, 2.45) is 0 Å². The van der Waals surface area contributed by atoms with Gasteiger partial charge >= 0.3 is 0 Å². The third-order valence-electron chi connectivity index (χ3n) is 3.28. The highest BCUT2D eigenvalue weighted by atomic mass is 16.1. The van der Waals surface area contributed by atoms with Gasteiger partial charge < -0.3 is 5.32 Å². The zero-order valence-corrected chi connectivity index (χ0v) is 10.8. The second kappa shape index (κ2) is 4.41. The molecule has 1 amide bonds. The Morgan fingerprint density at radius 2 is 2.19 bits per heavy atom. The minimum atomic E-state index is -0.190. The van der Waals surface area contributed by atoms with Crippen molar-refractivity contribution in [3.05, 3.63) is 54.7 Å². The molecule has 0 aliphatic rings. The molecule has 0 saturated heterocycles. The zero-order valence-electron chi connectivity index (χ0n) is 10.8. The summed E-state index contributed by atoms with van der Waals surface area (Å²) in [5.41, 5.74) is 2.91. The molecule has 4 aromatic rings. The summed E-state index contributed by atoms with van der Waals surface area (Å²) in [5, 5.41) is 14.7. The van der Waals surface area contributed by atoms with E-state index in [2.05, 4.69) is 25.6 Å². The number of nitrogens with one attached hydrogen (secondary N) is 2. The summed E-state index contributed by atoms with van der Waals surface area (Å²) < 4.78 is 1.61. The Morgan fingerprint density at radius 3 is 3.14 bits per heavy atom. The van der Waals surface area contributed by atoms with Gasteiger partial charge in [-0.15, -0.1) is 0 Å². The Morgan fingerprint density at radius 1 is 1.24 bits per heavy atom. The number of H-pyrrole nitrogens is 1. The highest BCUT2D eigenvalue weighted by Gasteiger charge is 2.11. The molecular formula is C14H10N6O. The number of hydrogen-bond donors (Lipinski definition) is 2. The first kappa shape index (κ1) is 11.6. The van der Waals surface area contributed by atoms with Gasteiger partial charge in [0.25, 0.3) is 5.91 Å². The largest absolute Gasteiger partial charge is 0.319 e. The van der Waals surface area contributed by atoms with Gasteiger partial charge in [-0.25, -0.2) is 9.50 Å². The predicted octanol–water partition coefficient (Wildman–Crippen LogP) is 1.86. The van der Waals surface area contributed by atoms with Gasteiger partial charge in [0.15, 0.2) is 0 Å². The van der Waals surface area contributed by atoms with Crippen LogP contribution in [0.5, 0.6) is 0 Å². The standard InChI is InChI=1S/C14H10N6O/c21-14(9-1-2-11-10(5-9)6-16-19-11)18-12-7-17-20-8-15-4-3-13(12)20/h1-8H,(H,16,19)(H,18,21). The molecule has 0 aliphatic carbocycles. The fraction of sp³-hybridized carbons (Fsp3) is 0. The average Bonchev–Trinajstić information content (AvgIpc) is 3.13. The van der Waals surface area contributed by atoms with Crippen molar-refractivity contribution in [2.45, 2.75) is 0 Å². The first-order valence-electron chi connectivity index (χ1n) is 6.33. The van der Waals surface area contributed by atoms with Crippen molar-refractivity contribution < 1.29 is 4.79 Å². The van der Waals surface area contributed by atoms with Crippen molar-refractivity contribution in [1.82, 2.24) is 24.8 Å². The SMILES string of the molecule is O=C(Nc1cnn2cnccc12)c1ccc2[nH]ncc2c1. The third kappa shape index (κ3) is 1.91. The predicted molar refractivity (Wildman–Crippen MR) is 77.0 cm³/mol. The molecule has 3 heterocycles. The minimum Gasteiger partial charge on any atom is -0.319 e. The lowest BCUT2D eigenvalue weighted by Crippen LogP contribution is -2.11. The van der Waals surface area contributed by atoms with E-state index in [1.807, 2.05) is 6.07 Å². The van der Waals surface area contributed by atoms with Crippen LogP contribution in [0.15, 0.2) is 49.2 Å². The van der Waals surface area contributed by atoms with Gasteiger partial charge in [-0.2, -0.15) is 10.2 Å². The number of rotatable bonds is 2. The molecule has 0 saturated carbocycles. The molecule has 0 atom stereocenters. The van der Waals surface area contributed by atoms with Gasteiger partial charge in [0.05, 0.1) is 29.1 Å². The summed E-state index contributed by atoms with van der Waals surface area (Å²) in [6.45, 7) is 0. The number of aromatic amines is 1. The van der Waals surface area contributed by atoms with E-state index in [0.29, 0.717) is 11.3 Å². The summed E-state index contributed by atoms with van der Waals surface area (Å²) in [6, 6.07) is 7.17. The summed E-state index contributed by atoms with van der Waals surface area (Å²) in [5.74, 6) is -0.190. The van der Waals surface area contributed by atoms with Gasteiger partial charge in [-0.05, 0) is 24.3 Å². The highest BCUT2D eigenvalue weighted by Crippen LogP contribution is 2.18. The molecule has 0 radical (unpaired) electrons. The fourth-order valence-corrected chi connectivity index (χ4v) is 2.22. The van der Waals surface area contributed by atoms with Gasteiger partial charge in [-0.1, -0.05) is 0 Å². The molecule has 4 rings (SSSR count). The monoisotopic (exact) mass is 278 g/mol. The highest BCUT2D eigenvalue weighted by molar-refractivity contribution is 6.07. The molecule has 7 nitrogen and oxygen atoms in total. The number of hydrogen-bond acceptors (Lipinski definition) is 4. The number of fused-ring (bicyclic) bond motifs is 2. The summed E-state index contributed by atoms with van der Waals surface area (Å²) in [6.07, 6.45) is 6.53. The number of anilines is 1. The molecule has 102 valence electrons. The Balaban J connectivity index is 1.68. The summed E-state index contributed by atoms with van der Waals surface area (Å²) in [4.78, 5) is 16.3. The van der Waals surface area contributed by atoms with Crippen LogP contribution < -0.4 is 5.32 Å². The molecule has 21 heavy (non-hydrogen) atoms. The molecule has 2 N–H and O–H groups in total. The van der Waals surface area contributed by atoms with E-state index in [-0.39, 0.29) is 5.91 Å². The Hall–Kier alpha value is -3.22. The molecule has 0 aliphatic heterocycles. The van der Waals surface area contributed by atoms with Crippen molar-refractivity contribution >= 4 is 28.0 Å². The molecular weight excluding hydrogens is 268 g/mol. The van der Waals surface area contributed by atoms with Crippen LogP contribution in [0.4, 0.5) is 5.69 Å². The lowest BCUT2D eigenvalue weighted by atomic mass is 10.1. The Bertz CT molecular complexity index is 954. The molecule has 3 aromatic heterocycles. The topological polar surface area (TPSA) is 88.0 Å². The van der Waals surface area contributed by atoms with Crippen LogP contribution in [0.2, 0.25) is 0 Å². The quantitative estimate of drug-likeness (QED) is 0.585. The van der Waals surface area contributed by atoms with E-state index in [0.717, 1.165) is 16.4 Å². The van der Waals surface area contributed by atoms with Crippen LogP contribution in [-0.2, 0) is 0 Å². The first-order chi connectivity index (χ1) is 10.3. The van der Waals surface area contributed by atoms with Crippen LogP contribution in [0.1, 0.15) is 10.4 Å². The Kier molecular flexibility index (Phi) is 2.43. The van der Waals surface area contributed by atoms with E-state index < -0.39 is 0 Å². The average molecular weight is 278 g/mol. The summed E-state index contributed by atoms with van der Waals surface area (Å²) >= 11 is 0. The first-order valence-corrected chi connectivity index (χ1v) is 6.33. The van der Waals surface area contributed by atoms with Crippen LogP contribution in [0.3, 0.4) is 0 Å². The summed E-state index contributed by atoms with van der Waals surface area (Å²) in [7, 11) is 0. The fourth-order valence-electron chi connectivity index (χ4n) is 2.22. The molecule has 1 aromatic carbocycles. The maximum absolute atomic E-state index is 12.3. The number of aromatic nitrogens is 5. The van der Waals surface area contributed by atoms with Gasteiger partial charge in [0.1, 0.15) is 6.33 Å². The minimum absolute atomic E-state index is 0.190. The van der Waals surface area contributed by atoms with E-state index in [4.69, 9.17) is 0 Å². The van der Waals surface area contributed by atoms with E-state index in [1.54, 1.807) is 47.6 Å². The number of carbonyl (C=O) groups excluding carboxylic acids is 1. The molecule has 0 spiro atoms. The number of nitrogens with zero attached hydrogens (tertiary/aromatic N) is 4. The van der Waals surface area contributed by atoms with Gasteiger partial charge in [0, 0.05) is 17.1 Å². The van der Waals surface area contributed by atoms with Gasteiger partial charge in [-0.3, -0.25) is 9.89 Å². The van der Waals surface area contributed by atoms with Crippen LogP contribution in [0.25, 0.3) is 16.4 Å². The van der Waals surface area contributed by atoms with Crippen LogP contribution in [-0.4, -0.2) is 30.7 Å². The maximum atomic E-state index is 12.3. The lowest BCUT2D eigenvalue weighted by molar-refractivity contribution is 0.102. The van der Waals surface area contributed by atoms with E-state index in [1.165, 1.54) is 0 Å². The van der Waals surface area contributed by atoms with Crippen LogP contribution in [0, 0.1) is 0 Å². The smallest absolute Gasteiger partial charge is 0.255 e. The van der Waals surface area contributed by atoms with E-state index in [9.17, 15) is 4.79 Å². The second-order valence-corrected chi connectivity index (χ2v) is 4.59. The molecule has 0 bridgehead atoms. The van der Waals surface area contributed by atoms with Crippen molar-refractivity contribution in [1.29, 1.82) is 0 Å². The van der Waals surface area contributed by atoms with Gasteiger partial charge in [0.2, 0.25) is 0 Å². The van der Waals surface area contributed by atoms with E-state index >= 15 is 0 Å². The zero-order chi connectivity index (χ0) is 14.2. The van der Waals surface area contributed by atoms with Crippen molar-refractivity contribution in [3.8, 4) is 0 Å². The Labute approximate surface area is 118 Å². The number of amides is 1. The van der Waals surface area contributed by atoms with Crippen molar-refractivity contribution in [3.63, 3.8) is 0 Å². The normalized spacial score (nSPS) is 11.0. The lowest BCUT2D eigenvalue weighted by Gasteiger charge is -2.03. The van der Waals surface area contributed by atoms with Crippen LogP contribution >= 0.6 is 0 Å². The molecule has 0 unspecified atom stereocenters.